The zero-order valence-electron chi connectivity index (χ0n) is 12.3. The Morgan fingerprint density at radius 3 is 1.53 bits per heavy atom. The van der Waals surface area contributed by atoms with Crippen LogP contribution >= 0.6 is 0 Å². The summed E-state index contributed by atoms with van der Waals surface area (Å²) in [5.41, 5.74) is 0.345. The van der Waals surface area contributed by atoms with E-state index in [0.29, 0.717) is 25.4 Å². The molecule has 0 spiro atoms. The molecule has 0 aromatic heterocycles. The molecule has 17 heavy (non-hydrogen) atoms. The molecule has 0 aromatic carbocycles. The van der Waals surface area contributed by atoms with E-state index in [1.807, 2.05) is 20.8 Å². The Balaban J connectivity index is 4.89. The Labute approximate surface area is 108 Å². The maximum absolute atomic E-state index is 5.93. The van der Waals surface area contributed by atoms with Crippen molar-refractivity contribution in [3.8, 4) is 0 Å². The largest absolute Gasteiger partial charge is 0.505 e. The molecule has 0 heterocycles. The van der Waals surface area contributed by atoms with Crippen molar-refractivity contribution >= 4 is 8.80 Å². The highest BCUT2D eigenvalue weighted by Gasteiger charge is 2.48. The Kier molecular flexibility index (Phi) is 9.08. The first-order chi connectivity index (χ1) is 8.06. The summed E-state index contributed by atoms with van der Waals surface area (Å²) >= 11 is 0. The lowest BCUT2D eigenvalue weighted by atomic mass is 10.3. The van der Waals surface area contributed by atoms with E-state index < -0.39 is 8.80 Å². The molecule has 1 unspecified atom stereocenters. The van der Waals surface area contributed by atoms with Crippen LogP contribution in [0.5, 0.6) is 0 Å². The van der Waals surface area contributed by atoms with Gasteiger partial charge in [0.1, 0.15) is 0 Å². The van der Waals surface area contributed by atoms with E-state index in [1.165, 1.54) is 0 Å². The van der Waals surface area contributed by atoms with E-state index in [9.17, 15) is 0 Å². The average Bonchev–Trinajstić information content (AvgIpc) is 2.26. The maximum atomic E-state index is 5.93. The summed E-state index contributed by atoms with van der Waals surface area (Å²) in [7, 11) is 1.62. The Morgan fingerprint density at radius 2 is 1.29 bits per heavy atom. The molecule has 0 amide bonds. The lowest BCUT2D eigenvalue weighted by Gasteiger charge is -2.36. The molecule has 0 saturated carbocycles. The van der Waals surface area contributed by atoms with Crippen molar-refractivity contribution in [3.05, 3.63) is 0 Å². The summed E-state index contributed by atoms with van der Waals surface area (Å²) in [6.45, 7) is 11.1. The van der Waals surface area contributed by atoms with Gasteiger partial charge < -0.3 is 18.2 Å². The van der Waals surface area contributed by atoms with Crippen LogP contribution in [0.3, 0.4) is 0 Å². The molecule has 0 rings (SSSR count). The van der Waals surface area contributed by atoms with Gasteiger partial charge in [-0.1, -0.05) is 6.92 Å². The van der Waals surface area contributed by atoms with Crippen molar-refractivity contribution in [1.82, 2.24) is 4.90 Å². The normalized spacial score (nSPS) is 14.3. The second kappa shape index (κ2) is 9.05. The first kappa shape index (κ1) is 17.1. The molecule has 5 heteroatoms. The van der Waals surface area contributed by atoms with E-state index >= 15 is 0 Å². The molecule has 0 fully saturated rings. The quantitative estimate of drug-likeness (QED) is 0.566. The van der Waals surface area contributed by atoms with Gasteiger partial charge in [0.25, 0.3) is 0 Å². The van der Waals surface area contributed by atoms with Gasteiger partial charge in [0, 0.05) is 31.9 Å². The molecule has 0 aliphatic heterocycles. The van der Waals surface area contributed by atoms with E-state index in [1.54, 1.807) is 0 Å². The number of rotatable bonds is 10. The van der Waals surface area contributed by atoms with Gasteiger partial charge in [-0.15, -0.1) is 0 Å². The smallest absolute Gasteiger partial charge is 0.374 e. The lowest BCUT2D eigenvalue weighted by Crippen LogP contribution is -2.52. The molecule has 0 aliphatic rings. The second-order valence-electron chi connectivity index (χ2n) is 4.27. The summed E-state index contributed by atoms with van der Waals surface area (Å²) in [6.07, 6.45) is 1.02. The highest BCUT2D eigenvalue weighted by Crippen LogP contribution is 2.29. The minimum absolute atomic E-state index is 0.345. The average molecular weight is 263 g/mol. The third-order valence-corrected chi connectivity index (χ3v) is 6.28. The monoisotopic (exact) mass is 263 g/mol. The van der Waals surface area contributed by atoms with Crippen molar-refractivity contribution in [3.63, 3.8) is 0 Å². The fourth-order valence-electron chi connectivity index (χ4n) is 2.01. The van der Waals surface area contributed by atoms with E-state index in [0.717, 1.165) is 13.0 Å². The zero-order valence-corrected chi connectivity index (χ0v) is 13.3. The Morgan fingerprint density at radius 1 is 0.882 bits per heavy atom. The first-order valence-corrected chi connectivity index (χ1v) is 8.42. The molecule has 104 valence electrons. The fraction of sp³-hybridized carbons (Fsp3) is 1.00. The molecule has 4 nitrogen and oxygen atoms in total. The Bertz CT molecular complexity index is 174. The molecule has 0 aromatic rings. The summed E-state index contributed by atoms with van der Waals surface area (Å²) in [4.78, 5) is 2.17. The van der Waals surface area contributed by atoms with Crippen molar-refractivity contribution in [1.29, 1.82) is 0 Å². The minimum Gasteiger partial charge on any atom is -0.374 e. The van der Waals surface area contributed by atoms with Crippen LogP contribution in [0.1, 0.15) is 34.1 Å². The lowest BCUT2D eigenvalue weighted by molar-refractivity contribution is 0.0570. The summed E-state index contributed by atoms with van der Waals surface area (Å²) in [5, 5.41) is 0. The standard InChI is InChI=1S/C12H29NO3Si/c1-7-12(11-13(5)6)17(14-8-2,15-9-3)16-10-4/h12H,7-11H2,1-6H3. The van der Waals surface area contributed by atoms with Crippen molar-refractivity contribution in [2.45, 2.75) is 39.7 Å². The van der Waals surface area contributed by atoms with Crippen LogP contribution in [0.15, 0.2) is 0 Å². The van der Waals surface area contributed by atoms with E-state index in [4.69, 9.17) is 13.3 Å². The first-order valence-electron chi connectivity index (χ1n) is 6.62. The van der Waals surface area contributed by atoms with Gasteiger partial charge in [-0.05, 0) is 41.3 Å². The SMILES string of the molecule is CCO[Si](OCC)(OCC)C(CC)CN(C)C. The Hall–Kier alpha value is 0.0569. The van der Waals surface area contributed by atoms with Crippen LogP contribution < -0.4 is 0 Å². The molecular formula is C12H29NO3Si. The van der Waals surface area contributed by atoms with E-state index in [2.05, 4.69) is 25.9 Å². The molecule has 0 N–H and O–H groups in total. The van der Waals surface area contributed by atoms with Gasteiger partial charge in [0.15, 0.2) is 0 Å². The summed E-state index contributed by atoms with van der Waals surface area (Å²) < 4.78 is 17.8. The van der Waals surface area contributed by atoms with E-state index in [-0.39, 0.29) is 0 Å². The molecule has 0 radical (unpaired) electrons. The van der Waals surface area contributed by atoms with Gasteiger partial charge in [0.05, 0.1) is 0 Å². The van der Waals surface area contributed by atoms with Crippen molar-refractivity contribution in [2.24, 2.45) is 0 Å². The topological polar surface area (TPSA) is 30.9 Å². The summed E-state index contributed by atoms with van der Waals surface area (Å²) in [5.74, 6) is 0. The number of hydrogen-bond acceptors (Lipinski definition) is 4. The molecule has 0 saturated heterocycles. The van der Waals surface area contributed by atoms with Crippen LogP contribution in [0.25, 0.3) is 0 Å². The van der Waals surface area contributed by atoms with Crippen molar-refractivity contribution < 1.29 is 13.3 Å². The minimum atomic E-state index is -2.53. The van der Waals surface area contributed by atoms with Gasteiger partial charge in [-0.2, -0.15) is 0 Å². The van der Waals surface area contributed by atoms with Crippen LogP contribution in [0, 0.1) is 0 Å². The van der Waals surface area contributed by atoms with Gasteiger partial charge in [-0.3, -0.25) is 0 Å². The molecule has 1 atom stereocenters. The van der Waals surface area contributed by atoms with Gasteiger partial charge in [0.2, 0.25) is 0 Å². The predicted molar refractivity (Wildman–Crippen MR) is 73.2 cm³/mol. The molecule has 0 bridgehead atoms. The third kappa shape index (κ3) is 5.48. The van der Waals surface area contributed by atoms with Crippen LogP contribution in [0.4, 0.5) is 0 Å². The molecular weight excluding hydrogens is 234 g/mol. The molecule has 0 aliphatic carbocycles. The predicted octanol–water partition coefficient (Wildman–Crippen LogP) is 2.38. The zero-order chi connectivity index (χ0) is 13.3. The second-order valence-corrected chi connectivity index (χ2v) is 7.16. The fourth-order valence-corrected chi connectivity index (χ4v) is 5.27. The van der Waals surface area contributed by atoms with Gasteiger partial charge in [-0.25, -0.2) is 0 Å². The maximum Gasteiger partial charge on any atom is 0.505 e. The van der Waals surface area contributed by atoms with Gasteiger partial charge >= 0.3 is 8.80 Å². The summed E-state index contributed by atoms with van der Waals surface area (Å²) in [6, 6.07) is 0. The van der Waals surface area contributed by atoms with Crippen LogP contribution in [-0.4, -0.2) is 54.2 Å². The van der Waals surface area contributed by atoms with Crippen LogP contribution in [-0.2, 0) is 13.3 Å². The highest BCUT2D eigenvalue weighted by molar-refractivity contribution is 6.62. The number of nitrogens with zero attached hydrogens (tertiary/aromatic N) is 1. The van der Waals surface area contributed by atoms with Crippen LogP contribution in [0.2, 0.25) is 5.54 Å². The highest BCUT2D eigenvalue weighted by atomic mass is 28.4. The van der Waals surface area contributed by atoms with Crippen molar-refractivity contribution in [2.75, 3.05) is 40.5 Å². The number of hydrogen-bond donors (Lipinski definition) is 0. The third-order valence-electron chi connectivity index (χ3n) is 2.61.